The van der Waals surface area contributed by atoms with E-state index < -0.39 is 0 Å². The molecule has 0 saturated heterocycles. The van der Waals surface area contributed by atoms with Crippen molar-refractivity contribution < 1.29 is 14.7 Å². The molecule has 25 heavy (non-hydrogen) atoms. The van der Waals surface area contributed by atoms with E-state index in [4.69, 9.17) is 4.74 Å². The quantitative estimate of drug-likeness (QED) is 0.324. The molecule has 4 nitrogen and oxygen atoms in total. The molecular formula is C21H31NO3. The molecular weight excluding hydrogens is 314 g/mol. The van der Waals surface area contributed by atoms with Gasteiger partial charge in [0.15, 0.2) is 0 Å². The van der Waals surface area contributed by atoms with E-state index in [1.165, 1.54) is 25.3 Å². The maximum absolute atomic E-state index is 11.3. The molecule has 0 heterocycles. The predicted molar refractivity (Wildman–Crippen MR) is 96.5 cm³/mol. The lowest BCUT2D eigenvalue weighted by Gasteiger charge is -2.57. The van der Waals surface area contributed by atoms with Crippen LogP contribution < -0.4 is 0 Å². The van der Waals surface area contributed by atoms with Crippen molar-refractivity contribution in [2.75, 3.05) is 0 Å². The topological polar surface area (TPSA) is 58.9 Å². The van der Waals surface area contributed by atoms with E-state index in [-0.39, 0.29) is 22.9 Å². The van der Waals surface area contributed by atoms with Crippen molar-refractivity contribution >= 4 is 11.7 Å². The van der Waals surface area contributed by atoms with Gasteiger partial charge >= 0.3 is 5.97 Å². The smallest absolute Gasteiger partial charge is 0.302 e. The molecule has 0 spiro atoms. The Labute approximate surface area is 150 Å². The van der Waals surface area contributed by atoms with E-state index >= 15 is 0 Å². The molecule has 0 aliphatic heterocycles. The van der Waals surface area contributed by atoms with Crippen LogP contribution in [-0.4, -0.2) is 23.0 Å². The zero-order chi connectivity index (χ0) is 17.8. The Balaban J connectivity index is 1.60. The van der Waals surface area contributed by atoms with Crippen molar-refractivity contribution in [1.82, 2.24) is 0 Å². The Morgan fingerprint density at radius 2 is 1.92 bits per heavy atom. The third-order valence-electron chi connectivity index (χ3n) is 8.25. The molecule has 0 amide bonds. The van der Waals surface area contributed by atoms with Crippen LogP contribution in [0.15, 0.2) is 16.8 Å². The molecule has 3 fully saturated rings. The average molecular weight is 345 g/mol. The molecule has 4 aliphatic carbocycles. The highest BCUT2D eigenvalue weighted by Crippen LogP contribution is 2.64. The Kier molecular flexibility index (Phi) is 4.01. The fraction of sp³-hybridized carbons (Fsp3) is 0.810. The maximum Gasteiger partial charge on any atom is 0.302 e. The van der Waals surface area contributed by atoms with Crippen LogP contribution in [0.5, 0.6) is 0 Å². The number of hydrogen-bond donors (Lipinski definition) is 1. The van der Waals surface area contributed by atoms with Crippen molar-refractivity contribution in [3.63, 3.8) is 0 Å². The summed E-state index contributed by atoms with van der Waals surface area (Å²) in [5.41, 5.74) is 2.94. The molecule has 4 heteroatoms. The summed E-state index contributed by atoms with van der Waals surface area (Å²) in [6, 6.07) is 0. The lowest BCUT2D eigenvalue weighted by Crippen LogP contribution is -2.50. The van der Waals surface area contributed by atoms with Gasteiger partial charge in [-0.05, 0) is 68.1 Å². The number of allylic oxidation sites excluding steroid dienone is 1. The van der Waals surface area contributed by atoms with Crippen molar-refractivity contribution in [2.24, 2.45) is 33.7 Å². The van der Waals surface area contributed by atoms with Gasteiger partial charge in [0.2, 0.25) is 0 Å². The van der Waals surface area contributed by atoms with Crippen LogP contribution in [0.1, 0.15) is 72.1 Å². The zero-order valence-corrected chi connectivity index (χ0v) is 15.8. The summed E-state index contributed by atoms with van der Waals surface area (Å²) in [7, 11) is 0. The molecule has 0 aromatic heterocycles. The first-order valence-corrected chi connectivity index (χ1v) is 9.96. The maximum atomic E-state index is 11.3. The first-order chi connectivity index (χ1) is 11.9. The standard InChI is InChI=1S/C21H31NO3/c1-13(23)25-15-8-10-20(2)14(12-15)4-5-16-17-6-7-19(22-24)21(17,3)11-9-18(16)20/h4,15-18,24H,5-12H2,1-3H3/t15-,16-,17+,18+,20-,21+/m0/s1. The number of esters is 1. The molecule has 1 N–H and O–H groups in total. The van der Waals surface area contributed by atoms with Gasteiger partial charge in [-0.25, -0.2) is 0 Å². The number of hydrogen-bond acceptors (Lipinski definition) is 4. The normalized spacial score (nSPS) is 47.5. The number of fused-ring (bicyclic) bond motifs is 5. The van der Waals surface area contributed by atoms with E-state index in [1.807, 2.05) is 0 Å². The zero-order valence-electron chi connectivity index (χ0n) is 15.8. The van der Waals surface area contributed by atoms with Gasteiger partial charge < -0.3 is 9.94 Å². The highest BCUT2D eigenvalue weighted by molar-refractivity contribution is 5.92. The van der Waals surface area contributed by atoms with Gasteiger partial charge in [0, 0.05) is 18.8 Å². The third-order valence-corrected chi connectivity index (χ3v) is 8.25. The summed E-state index contributed by atoms with van der Waals surface area (Å²) in [6.07, 6.45) is 11.2. The summed E-state index contributed by atoms with van der Waals surface area (Å²) in [5.74, 6) is 1.93. The minimum absolute atomic E-state index is 0.0711. The summed E-state index contributed by atoms with van der Waals surface area (Å²) < 4.78 is 5.51. The Morgan fingerprint density at radius 3 is 2.64 bits per heavy atom. The molecule has 4 aliphatic rings. The summed E-state index contributed by atoms with van der Waals surface area (Å²) in [6.45, 7) is 6.30. The molecule has 0 aromatic rings. The number of rotatable bonds is 1. The van der Waals surface area contributed by atoms with Gasteiger partial charge in [0.1, 0.15) is 6.10 Å². The monoisotopic (exact) mass is 345 g/mol. The van der Waals surface area contributed by atoms with E-state index in [9.17, 15) is 10.0 Å². The first-order valence-electron chi connectivity index (χ1n) is 9.96. The minimum atomic E-state index is -0.155. The van der Waals surface area contributed by atoms with Gasteiger partial charge in [-0.1, -0.05) is 30.7 Å². The molecule has 3 saturated carbocycles. The first kappa shape index (κ1) is 17.1. The predicted octanol–water partition coefficient (Wildman–Crippen LogP) is 4.71. The largest absolute Gasteiger partial charge is 0.462 e. The highest BCUT2D eigenvalue weighted by Gasteiger charge is 2.58. The Morgan fingerprint density at radius 1 is 1.20 bits per heavy atom. The SMILES string of the molecule is CC(=O)O[C@H]1CC[C@@]2(C)C(=CC[C@@H]3[C@H]2CC[C@@]2(C)C(=NO)CC[C@H]32)C1. The fourth-order valence-corrected chi connectivity index (χ4v) is 6.92. The molecule has 6 atom stereocenters. The molecule has 4 rings (SSSR count). The second kappa shape index (κ2) is 5.85. The van der Waals surface area contributed by atoms with Crippen molar-refractivity contribution in [2.45, 2.75) is 78.2 Å². The second-order valence-corrected chi connectivity index (χ2v) is 9.28. The van der Waals surface area contributed by atoms with E-state index in [1.54, 1.807) is 0 Å². The van der Waals surface area contributed by atoms with Gasteiger partial charge in [-0.2, -0.15) is 0 Å². The van der Waals surface area contributed by atoms with Crippen LogP contribution in [0.4, 0.5) is 0 Å². The van der Waals surface area contributed by atoms with E-state index in [2.05, 4.69) is 25.1 Å². The van der Waals surface area contributed by atoms with Crippen LogP contribution in [0, 0.1) is 28.6 Å². The van der Waals surface area contributed by atoms with Gasteiger partial charge in [0.25, 0.3) is 0 Å². The van der Waals surface area contributed by atoms with Gasteiger partial charge in [-0.15, -0.1) is 0 Å². The molecule has 0 aromatic carbocycles. The summed E-state index contributed by atoms with van der Waals surface area (Å²) in [4.78, 5) is 11.3. The highest BCUT2D eigenvalue weighted by atomic mass is 16.5. The van der Waals surface area contributed by atoms with Crippen molar-refractivity contribution in [1.29, 1.82) is 0 Å². The molecule has 0 bridgehead atoms. The van der Waals surface area contributed by atoms with Gasteiger partial charge in [0.05, 0.1) is 5.71 Å². The number of ether oxygens (including phenoxy) is 1. The van der Waals surface area contributed by atoms with Crippen LogP contribution in [0.3, 0.4) is 0 Å². The summed E-state index contributed by atoms with van der Waals surface area (Å²) >= 11 is 0. The molecule has 0 radical (unpaired) electrons. The number of nitrogens with zero attached hydrogens (tertiary/aromatic N) is 1. The lowest BCUT2D eigenvalue weighted by atomic mass is 9.48. The molecule has 138 valence electrons. The van der Waals surface area contributed by atoms with Crippen molar-refractivity contribution in [3.05, 3.63) is 11.6 Å². The second-order valence-electron chi connectivity index (χ2n) is 9.28. The number of oxime groups is 1. The third kappa shape index (κ3) is 2.47. The van der Waals surface area contributed by atoms with E-state index in [0.717, 1.165) is 50.2 Å². The van der Waals surface area contributed by atoms with Crippen LogP contribution in [0.25, 0.3) is 0 Å². The van der Waals surface area contributed by atoms with Crippen LogP contribution in [0.2, 0.25) is 0 Å². The number of carbonyl (C=O) groups is 1. The lowest BCUT2D eigenvalue weighted by molar-refractivity contribution is -0.148. The fourth-order valence-electron chi connectivity index (χ4n) is 6.92. The van der Waals surface area contributed by atoms with Crippen LogP contribution >= 0.6 is 0 Å². The Hall–Kier alpha value is -1.32. The van der Waals surface area contributed by atoms with Crippen LogP contribution in [-0.2, 0) is 9.53 Å². The van der Waals surface area contributed by atoms with Crippen molar-refractivity contribution in [3.8, 4) is 0 Å². The molecule has 0 unspecified atom stereocenters. The average Bonchev–Trinajstić information content (AvgIpc) is 2.91. The van der Waals surface area contributed by atoms with Gasteiger partial charge in [-0.3, -0.25) is 4.79 Å². The number of carbonyl (C=O) groups excluding carboxylic acids is 1. The Bertz CT molecular complexity index is 639. The van der Waals surface area contributed by atoms with E-state index in [0.29, 0.717) is 11.8 Å². The minimum Gasteiger partial charge on any atom is -0.462 e. The summed E-state index contributed by atoms with van der Waals surface area (Å²) in [5, 5.41) is 13.1.